The normalized spacial score (nSPS) is 18.2. The van der Waals surface area contributed by atoms with Crippen molar-refractivity contribution in [2.75, 3.05) is 39.3 Å². The highest BCUT2D eigenvalue weighted by atomic mass is 15.0. The predicted octanol–water partition coefficient (Wildman–Crippen LogP) is -0.501. The summed E-state index contributed by atoms with van der Waals surface area (Å²) in [4.78, 5) is 0. The number of piperazine rings is 1. The van der Waals surface area contributed by atoms with Gasteiger partial charge in [-0.15, -0.1) is 0 Å². The van der Waals surface area contributed by atoms with Gasteiger partial charge in [0.1, 0.15) is 0 Å². The molecule has 0 aliphatic carbocycles. The fraction of sp³-hybridized carbons (Fsp3) is 1.00. The van der Waals surface area contributed by atoms with Crippen LogP contribution in [0.4, 0.5) is 0 Å². The highest BCUT2D eigenvalue weighted by Crippen LogP contribution is 2.00. The van der Waals surface area contributed by atoms with Gasteiger partial charge in [-0.1, -0.05) is 6.92 Å². The van der Waals surface area contributed by atoms with E-state index in [1.54, 1.807) is 0 Å². The molecule has 1 heterocycles. The van der Waals surface area contributed by atoms with Crippen molar-refractivity contribution < 1.29 is 0 Å². The summed E-state index contributed by atoms with van der Waals surface area (Å²) in [7, 11) is 0. The standard InChI is InChI=1S/C6H16N2.C4H10N2/c1-6(5-8)3-2-4-7;1-2-6-4-3-5-1/h6H,2-5,7-8H2,1H3;5-6H,1-4H2. The van der Waals surface area contributed by atoms with Crippen LogP contribution in [-0.2, 0) is 0 Å². The van der Waals surface area contributed by atoms with Crippen LogP contribution in [0.25, 0.3) is 0 Å². The molecule has 4 heteroatoms. The van der Waals surface area contributed by atoms with E-state index >= 15 is 0 Å². The average molecular weight is 202 g/mol. The van der Waals surface area contributed by atoms with E-state index in [-0.39, 0.29) is 0 Å². The molecular formula is C10H26N4. The summed E-state index contributed by atoms with van der Waals surface area (Å²) in [5.41, 5.74) is 10.7. The number of nitrogens with two attached hydrogens (primary N) is 2. The summed E-state index contributed by atoms with van der Waals surface area (Å²) in [6, 6.07) is 0. The second-order valence-electron chi connectivity index (χ2n) is 3.77. The molecule has 1 atom stereocenters. The summed E-state index contributed by atoms with van der Waals surface area (Å²) < 4.78 is 0. The van der Waals surface area contributed by atoms with Gasteiger partial charge >= 0.3 is 0 Å². The summed E-state index contributed by atoms with van der Waals surface area (Å²) in [6.07, 6.45) is 2.28. The van der Waals surface area contributed by atoms with Crippen LogP contribution in [0, 0.1) is 5.92 Å². The SMILES string of the molecule is C1CNCCN1.CC(CN)CCCN. The lowest BCUT2D eigenvalue weighted by atomic mass is 10.1. The van der Waals surface area contributed by atoms with Gasteiger partial charge in [0.2, 0.25) is 0 Å². The highest BCUT2D eigenvalue weighted by Gasteiger charge is 1.95. The van der Waals surface area contributed by atoms with Crippen LogP contribution < -0.4 is 22.1 Å². The van der Waals surface area contributed by atoms with Gasteiger partial charge in [-0.3, -0.25) is 0 Å². The van der Waals surface area contributed by atoms with Crippen LogP contribution in [0.15, 0.2) is 0 Å². The van der Waals surface area contributed by atoms with Crippen LogP contribution in [0.5, 0.6) is 0 Å². The first-order valence-electron chi connectivity index (χ1n) is 5.62. The molecule has 1 unspecified atom stereocenters. The summed E-state index contributed by atoms with van der Waals surface area (Å²) in [5.74, 6) is 0.651. The molecule has 6 N–H and O–H groups in total. The van der Waals surface area contributed by atoms with Gasteiger partial charge in [0.05, 0.1) is 0 Å². The maximum absolute atomic E-state index is 5.37. The van der Waals surface area contributed by atoms with Crippen LogP contribution >= 0.6 is 0 Å². The molecule has 1 fully saturated rings. The maximum Gasteiger partial charge on any atom is 0.00772 e. The molecule has 0 aromatic heterocycles. The highest BCUT2D eigenvalue weighted by molar-refractivity contribution is 4.59. The van der Waals surface area contributed by atoms with E-state index in [0.717, 1.165) is 45.7 Å². The third-order valence-electron chi connectivity index (χ3n) is 2.26. The summed E-state index contributed by atoms with van der Waals surface area (Å²) in [5, 5.41) is 6.44. The zero-order chi connectivity index (χ0) is 10.6. The molecule has 0 saturated carbocycles. The molecule has 0 amide bonds. The van der Waals surface area contributed by atoms with Crippen molar-refractivity contribution in [3.8, 4) is 0 Å². The zero-order valence-corrected chi connectivity index (χ0v) is 9.39. The molecule has 0 aromatic carbocycles. The quantitative estimate of drug-likeness (QED) is 0.496. The van der Waals surface area contributed by atoms with Crippen molar-refractivity contribution >= 4 is 0 Å². The van der Waals surface area contributed by atoms with Gasteiger partial charge in [-0.25, -0.2) is 0 Å². The van der Waals surface area contributed by atoms with Gasteiger partial charge in [0.15, 0.2) is 0 Å². The Kier molecular flexibility index (Phi) is 10.8. The van der Waals surface area contributed by atoms with Crippen molar-refractivity contribution in [2.45, 2.75) is 19.8 Å². The fourth-order valence-electron chi connectivity index (χ4n) is 1.19. The van der Waals surface area contributed by atoms with Crippen molar-refractivity contribution in [1.82, 2.24) is 10.6 Å². The van der Waals surface area contributed by atoms with Crippen molar-refractivity contribution in [2.24, 2.45) is 17.4 Å². The van der Waals surface area contributed by atoms with E-state index in [4.69, 9.17) is 11.5 Å². The van der Waals surface area contributed by atoms with Crippen LogP contribution in [0.2, 0.25) is 0 Å². The minimum absolute atomic E-state index is 0.651. The smallest absolute Gasteiger partial charge is 0.00772 e. The van der Waals surface area contributed by atoms with E-state index in [2.05, 4.69) is 17.6 Å². The molecule has 1 aliphatic heterocycles. The van der Waals surface area contributed by atoms with Gasteiger partial charge in [0.25, 0.3) is 0 Å². The van der Waals surface area contributed by atoms with Gasteiger partial charge in [-0.05, 0) is 31.8 Å². The predicted molar refractivity (Wildman–Crippen MR) is 62.2 cm³/mol. The maximum atomic E-state index is 5.37. The molecular weight excluding hydrogens is 176 g/mol. The van der Waals surface area contributed by atoms with Gasteiger partial charge in [-0.2, -0.15) is 0 Å². The molecule has 0 radical (unpaired) electrons. The summed E-state index contributed by atoms with van der Waals surface area (Å²) in [6.45, 7) is 8.29. The Morgan fingerprint density at radius 1 is 1.07 bits per heavy atom. The van der Waals surface area contributed by atoms with Crippen LogP contribution in [0.3, 0.4) is 0 Å². The van der Waals surface area contributed by atoms with E-state index < -0.39 is 0 Å². The first-order chi connectivity index (χ1) is 6.81. The lowest BCUT2D eigenvalue weighted by Crippen LogP contribution is -2.39. The Bertz CT molecular complexity index is 92.8. The number of hydrogen-bond donors (Lipinski definition) is 4. The summed E-state index contributed by atoms with van der Waals surface area (Å²) >= 11 is 0. The molecule has 0 bridgehead atoms. The molecule has 1 saturated heterocycles. The van der Waals surface area contributed by atoms with Crippen molar-refractivity contribution in [1.29, 1.82) is 0 Å². The van der Waals surface area contributed by atoms with E-state index in [0.29, 0.717) is 5.92 Å². The minimum atomic E-state index is 0.651. The molecule has 1 rings (SSSR count). The average Bonchev–Trinajstić information content (AvgIpc) is 2.29. The number of rotatable bonds is 4. The Labute approximate surface area is 87.8 Å². The number of nitrogens with one attached hydrogen (secondary N) is 2. The Morgan fingerprint density at radius 2 is 1.57 bits per heavy atom. The molecule has 14 heavy (non-hydrogen) atoms. The van der Waals surface area contributed by atoms with Crippen LogP contribution in [0.1, 0.15) is 19.8 Å². The van der Waals surface area contributed by atoms with Gasteiger partial charge in [0, 0.05) is 26.2 Å². The lowest BCUT2D eigenvalue weighted by molar-refractivity contribution is 0.525. The molecule has 4 nitrogen and oxygen atoms in total. The molecule has 0 aromatic rings. The Morgan fingerprint density at radius 3 is 1.86 bits per heavy atom. The minimum Gasteiger partial charge on any atom is -0.330 e. The second-order valence-corrected chi connectivity index (χ2v) is 3.77. The first kappa shape index (κ1) is 13.8. The zero-order valence-electron chi connectivity index (χ0n) is 9.39. The monoisotopic (exact) mass is 202 g/mol. The fourth-order valence-corrected chi connectivity index (χ4v) is 1.19. The molecule has 1 aliphatic rings. The van der Waals surface area contributed by atoms with Crippen LogP contribution in [-0.4, -0.2) is 39.3 Å². The third-order valence-corrected chi connectivity index (χ3v) is 2.26. The Hall–Kier alpha value is -0.160. The third kappa shape index (κ3) is 9.92. The molecule has 86 valence electrons. The van der Waals surface area contributed by atoms with E-state index in [1.165, 1.54) is 6.42 Å². The van der Waals surface area contributed by atoms with Crippen molar-refractivity contribution in [3.05, 3.63) is 0 Å². The van der Waals surface area contributed by atoms with E-state index in [1.807, 2.05) is 0 Å². The number of hydrogen-bond acceptors (Lipinski definition) is 4. The van der Waals surface area contributed by atoms with Crippen molar-refractivity contribution in [3.63, 3.8) is 0 Å². The second kappa shape index (κ2) is 10.9. The largest absolute Gasteiger partial charge is 0.330 e. The van der Waals surface area contributed by atoms with Gasteiger partial charge < -0.3 is 22.1 Å². The molecule has 0 spiro atoms. The first-order valence-corrected chi connectivity index (χ1v) is 5.62. The topological polar surface area (TPSA) is 76.1 Å². The Balaban J connectivity index is 0.000000249. The van der Waals surface area contributed by atoms with E-state index in [9.17, 15) is 0 Å². The lowest BCUT2D eigenvalue weighted by Gasteiger charge is -2.11.